The highest BCUT2D eigenvalue weighted by molar-refractivity contribution is 7.92. The summed E-state index contributed by atoms with van der Waals surface area (Å²) in [5, 5.41) is 0. The van der Waals surface area contributed by atoms with Gasteiger partial charge in [-0.1, -0.05) is 84.9 Å². The van der Waals surface area contributed by atoms with Gasteiger partial charge < -0.3 is 0 Å². The molecular formula is C24H16O2S. The van der Waals surface area contributed by atoms with E-state index in [1.54, 1.807) is 12.1 Å². The zero-order valence-corrected chi connectivity index (χ0v) is 15.3. The van der Waals surface area contributed by atoms with Crippen LogP contribution in [0.15, 0.2) is 107 Å². The van der Waals surface area contributed by atoms with E-state index in [9.17, 15) is 8.42 Å². The summed E-state index contributed by atoms with van der Waals surface area (Å²) in [6, 6.07) is 31.1. The maximum absolute atomic E-state index is 13.2. The normalized spacial score (nSPS) is 13.8. The molecule has 0 radical (unpaired) electrons. The lowest BCUT2D eigenvalue weighted by molar-refractivity contribution is 0.599. The second-order valence-electron chi connectivity index (χ2n) is 6.63. The van der Waals surface area contributed by atoms with Crippen LogP contribution in [0.4, 0.5) is 0 Å². The van der Waals surface area contributed by atoms with Gasteiger partial charge in [-0.2, -0.15) is 0 Å². The second-order valence-corrected chi connectivity index (χ2v) is 8.48. The Labute approximate surface area is 158 Å². The predicted octanol–water partition coefficient (Wildman–Crippen LogP) is 5.83. The third-order valence-corrected chi connectivity index (χ3v) is 6.94. The molecule has 5 rings (SSSR count). The summed E-state index contributed by atoms with van der Waals surface area (Å²) >= 11 is 0. The third kappa shape index (κ3) is 2.43. The molecule has 27 heavy (non-hydrogen) atoms. The Balaban J connectivity index is 1.75. The molecule has 1 aliphatic rings. The Kier molecular flexibility index (Phi) is 3.52. The van der Waals surface area contributed by atoms with Crippen molar-refractivity contribution in [2.24, 2.45) is 0 Å². The standard InChI is InChI=1S/C24H16O2S/c25-27(26)23-15-5-4-12-21(23)22-14-7-13-20(24(22)27)19-11-6-10-18(16-19)17-8-2-1-3-9-17/h1-16H. The van der Waals surface area contributed by atoms with Gasteiger partial charge in [0.1, 0.15) is 0 Å². The minimum absolute atomic E-state index is 0.395. The molecule has 1 heterocycles. The van der Waals surface area contributed by atoms with Crippen LogP contribution in [-0.2, 0) is 9.84 Å². The van der Waals surface area contributed by atoms with Crippen LogP contribution >= 0.6 is 0 Å². The topological polar surface area (TPSA) is 34.1 Å². The number of fused-ring (bicyclic) bond motifs is 3. The van der Waals surface area contributed by atoms with Crippen LogP contribution in [-0.4, -0.2) is 8.42 Å². The van der Waals surface area contributed by atoms with Crippen LogP contribution in [0, 0.1) is 0 Å². The predicted molar refractivity (Wildman–Crippen MR) is 108 cm³/mol. The molecule has 4 aromatic carbocycles. The van der Waals surface area contributed by atoms with Crippen LogP contribution in [0.25, 0.3) is 33.4 Å². The first-order valence-electron chi connectivity index (χ1n) is 8.79. The molecule has 0 N–H and O–H groups in total. The van der Waals surface area contributed by atoms with Gasteiger partial charge in [-0.25, -0.2) is 8.42 Å². The van der Waals surface area contributed by atoms with Crippen LogP contribution in [0.5, 0.6) is 0 Å². The Morgan fingerprint density at radius 1 is 0.481 bits per heavy atom. The van der Waals surface area contributed by atoms with Crippen LogP contribution in [0.3, 0.4) is 0 Å². The minimum atomic E-state index is -3.52. The van der Waals surface area contributed by atoms with Gasteiger partial charge >= 0.3 is 0 Å². The molecule has 1 aliphatic heterocycles. The first kappa shape index (κ1) is 16.0. The van der Waals surface area contributed by atoms with Crippen molar-refractivity contribution < 1.29 is 8.42 Å². The summed E-state index contributed by atoms with van der Waals surface area (Å²) in [5.74, 6) is 0. The van der Waals surface area contributed by atoms with E-state index in [-0.39, 0.29) is 0 Å². The molecule has 0 bridgehead atoms. The van der Waals surface area contributed by atoms with Crippen molar-refractivity contribution in [2.45, 2.75) is 9.79 Å². The van der Waals surface area contributed by atoms with Crippen LogP contribution in [0.2, 0.25) is 0 Å². The molecular weight excluding hydrogens is 352 g/mol. The van der Waals surface area contributed by atoms with E-state index in [0.29, 0.717) is 9.79 Å². The maximum Gasteiger partial charge on any atom is 0.208 e. The quantitative estimate of drug-likeness (QED) is 0.393. The molecule has 3 heteroatoms. The Morgan fingerprint density at radius 3 is 1.93 bits per heavy atom. The highest BCUT2D eigenvalue weighted by Gasteiger charge is 2.34. The molecule has 4 aromatic rings. The van der Waals surface area contributed by atoms with E-state index in [1.807, 2.05) is 66.7 Å². The molecule has 0 spiro atoms. The summed E-state index contributed by atoms with van der Waals surface area (Å²) in [4.78, 5) is 0.808. The summed E-state index contributed by atoms with van der Waals surface area (Å²) < 4.78 is 26.4. The second kappa shape index (κ2) is 5.93. The molecule has 0 atom stereocenters. The molecule has 130 valence electrons. The van der Waals surface area contributed by atoms with Gasteiger partial charge in [-0.3, -0.25) is 0 Å². The number of rotatable bonds is 2. The van der Waals surface area contributed by atoms with Gasteiger partial charge in [0.2, 0.25) is 9.84 Å². The summed E-state index contributed by atoms with van der Waals surface area (Å²) in [5.41, 5.74) is 5.41. The van der Waals surface area contributed by atoms with Gasteiger partial charge in [-0.15, -0.1) is 0 Å². The molecule has 0 saturated heterocycles. The van der Waals surface area contributed by atoms with Crippen molar-refractivity contribution in [2.75, 3.05) is 0 Å². The van der Waals surface area contributed by atoms with E-state index in [0.717, 1.165) is 33.4 Å². The van der Waals surface area contributed by atoms with E-state index >= 15 is 0 Å². The lowest BCUT2D eigenvalue weighted by Crippen LogP contribution is -1.99. The van der Waals surface area contributed by atoms with E-state index in [4.69, 9.17) is 0 Å². The van der Waals surface area contributed by atoms with Gasteiger partial charge in [0.25, 0.3) is 0 Å². The van der Waals surface area contributed by atoms with Crippen molar-refractivity contribution in [3.8, 4) is 33.4 Å². The van der Waals surface area contributed by atoms with Crippen molar-refractivity contribution in [3.05, 3.63) is 97.1 Å². The van der Waals surface area contributed by atoms with E-state index in [1.165, 1.54) is 0 Å². The lowest BCUT2D eigenvalue weighted by atomic mass is 9.96. The largest absolute Gasteiger partial charge is 0.218 e. The van der Waals surface area contributed by atoms with Crippen LogP contribution in [0.1, 0.15) is 0 Å². The first-order valence-corrected chi connectivity index (χ1v) is 10.3. The summed E-state index contributed by atoms with van der Waals surface area (Å²) in [7, 11) is -3.52. The average Bonchev–Trinajstić information content (AvgIpc) is 2.97. The molecule has 0 saturated carbocycles. The zero-order chi connectivity index (χ0) is 18.4. The number of benzene rings is 4. The summed E-state index contributed by atoms with van der Waals surface area (Å²) in [6.07, 6.45) is 0. The number of hydrogen-bond donors (Lipinski definition) is 0. The molecule has 2 nitrogen and oxygen atoms in total. The van der Waals surface area contributed by atoms with Crippen LogP contribution < -0.4 is 0 Å². The maximum atomic E-state index is 13.2. The third-order valence-electron chi connectivity index (χ3n) is 5.03. The molecule has 0 fully saturated rings. The van der Waals surface area contributed by atoms with Crippen molar-refractivity contribution in [3.63, 3.8) is 0 Å². The Hall–Kier alpha value is -3.17. The highest BCUT2D eigenvalue weighted by Crippen LogP contribution is 2.47. The van der Waals surface area contributed by atoms with Gasteiger partial charge in [0.05, 0.1) is 9.79 Å². The minimum Gasteiger partial charge on any atom is -0.218 e. The smallest absolute Gasteiger partial charge is 0.208 e. The fraction of sp³-hybridized carbons (Fsp3) is 0. The summed E-state index contributed by atoms with van der Waals surface area (Å²) in [6.45, 7) is 0. The lowest BCUT2D eigenvalue weighted by Gasteiger charge is -2.10. The van der Waals surface area contributed by atoms with Crippen molar-refractivity contribution in [1.82, 2.24) is 0 Å². The fourth-order valence-electron chi connectivity index (χ4n) is 3.80. The Bertz CT molecular complexity index is 1270. The van der Waals surface area contributed by atoms with E-state index in [2.05, 4.69) is 18.2 Å². The van der Waals surface area contributed by atoms with E-state index < -0.39 is 9.84 Å². The van der Waals surface area contributed by atoms with Gasteiger partial charge in [-0.05, 0) is 28.8 Å². The first-order chi connectivity index (χ1) is 13.2. The van der Waals surface area contributed by atoms with Crippen molar-refractivity contribution in [1.29, 1.82) is 0 Å². The highest BCUT2D eigenvalue weighted by atomic mass is 32.2. The van der Waals surface area contributed by atoms with Gasteiger partial charge in [0, 0.05) is 16.7 Å². The SMILES string of the molecule is O=S1(=O)c2ccccc2-c2cccc(-c3cccc(-c4ccccc4)c3)c21. The number of hydrogen-bond acceptors (Lipinski definition) is 2. The molecule has 0 aromatic heterocycles. The zero-order valence-electron chi connectivity index (χ0n) is 14.5. The number of sulfone groups is 1. The molecule has 0 aliphatic carbocycles. The Morgan fingerprint density at radius 2 is 1.07 bits per heavy atom. The monoisotopic (exact) mass is 368 g/mol. The van der Waals surface area contributed by atoms with Crippen molar-refractivity contribution >= 4 is 9.84 Å². The fourth-order valence-corrected chi connectivity index (χ4v) is 5.68. The van der Waals surface area contributed by atoms with Gasteiger partial charge in [0.15, 0.2) is 0 Å². The molecule has 0 unspecified atom stereocenters. The molecule has 0 amide bonds. The average molecular weight is 368 g/mol.